The van der Waals surface area contributed by atoms with Crippen LogP contribution in [0.4, 0.5) is 0 Å². The van der Waals surface area contributed by atoms with Crippen molar-refractivity contribution in [2.24, 2.45) is 0 Å². The van der Waals surface area contributed by atoms with E-state index in [0.717, 1.165) is 28.7 Å². The highest BCUT2D eigenvalue weighted by atomic mass is 16.5. The molecule has 0 saturated carbocycles. The Bertz CT molecular complexity index is 780. The van der Waals surface area contributed by atoms with Gasteiger partial charge >= 0.3 is 5.97 Å². The summed E-state index contributed by atoms with van der Waals surface area (Å²) in [7, 11) is 0. The van der Waals surface area contributed by atoms with E-state index in [9.17, 15) is 14.7 Å². The van der Waals surface area contributed by atoms with Crippen molar-refractivity contribution >= 4 is 11.9 Å². The number of fused-ring (bicyclic) bond motifs is 3. The van der Waals surface area contributed by atoms with Gasteiger partial charge in [0.2, 0.25) is 5.91 Å². The Balaban J connectivity index is 1.72. The number of nitrogens with one attached hydrogen (secondary N) is 1. The fraction of sp³-hybridized carbons (Fsp3) is 0.300. The number of carbonyl (C=O) groups is 2. The fourth-order valence-corrected chi connectivity index (χ4v) is 3.87. The summed E-state index contributed by atoms with van der Waals surface area (Å²) >= 11 is 0. The van der Waals surface area contributed by atoms with Crippen LogP contribution in [0, 0.1) is 0 Å². The highest BCUT2D eigenvalue weighted by Crippen LogP contribution is 2.46. The number of rotatable bonds is 4. The molecule has 0 aromatic heterocycles. The molecule has 2 aliphatic rings. The topological polar surface area (TPSA) is 75.6 Å². The van der Waals surface area contributed by atoms with Crippen molar-refractivity contribution in [1.82, 2.24) is 5.32 Å². The van der Waals surface area contributed by atoms with Crippen LogP contribution >= 0.6 is 0 Å². The van der Waals surface area contributed by atoms with E-state index in [1.807, 2.05) is 48.5 Å². The van der Waals surface area contributed by atoms with Crippen molar-refractivity contribution in [1.29, 1.82) is 0 Å². The minimum atomic E-state index is -1.04. The predicted molar refractivity (Wildman–Crippen MR) is 92.3 cm³/mol. The molecule has 2 aromatic rings. The van der Waals surface area contributed by atoms with E-state index in [2.05, 4.69) is 5.32 Å². The van der Waals surface area contributed by atoms with Gasteiger partial charge in [0.15, 0.2) is 0 Å². The average molecular weight is 337 g/mol. The lowest BCUT2D eigenvalue weighted by atomic mass is 9.89. The van der Waals surface area contributed by atoms with E-state index in [1.54, 1.807) is 0 Å². The fourth-order valence-electron chi connectivity index (χ4n) is 3.87. The van der Waals surface area contributed by atoms with Crippen molar-refractivity contribution in [2.75, 3.05) is 6.61 Å². The number of amides is 1. The van der Waals surface area contributed by atoms with Gasteiger partial charge < -0.3 is 15.2 Å². The van der Waals surface area contributed by atoms with Gasteiger partial charge in [-0.05, 0) is 35.1 Å². The van der Waals surface area contributed by atoms with Crippen LogP contribution in [0.15, 0.2) is 48.5 Å². The maximum Gasteiger partial charge on any atom is 0.327 e. The number of carboxylic acids is 1. The number of hydrogen-bond acceptors (Lipinski definition) is 3. The van der Waals surface area contributed by atoms with Crippen molar-refractivity contribution in [3.8, 4) is 11.1 Å². The molecule has 1 fully saturated rings. The second kappa shape index (κ2) is 6.33. The van der Waals surface area contributed by atoms with E-state index >= 15 is 0 Å². The predicted octanol–water partition coefficient (Wildman–Crippen LogP) is 2.55. The molecule has 1 amide bonds. The summed E-state index contributed by atoms with van der Waals surface area (Å²) in [6.07, 6.45) is 0.912. The number of hydrogen-bond donors (Lipinski definition) is 2. The molecule has 0 spiro atoms. The summed E-state index contributed by atoms with van der Waals surface area (Å²) in [6.45, 7) is 0.547. The lowest BCUT2D eigenvalue weighted by molar-refractivity contribution is -0.144. The van der Waals surface area contributed by atoms with Crippen LogP contribution in [0.5, 0.6) is 0 Å². The summed E-state index contributed by atoms with van der Waals surface area (Å²) in [5.41, 5.74) is 3.92. The Labute approximate surface area is 145 Å². The highest BCUT2D eigenvalue weighted by molar-refractivity contribution is 5.90. The Hall–Kier alpha value is -2.66. The number of aliphatic carboxylic acids is 1. The first kappa shape index (κ1) is 15.8. The highest BCUT2D eigenvalue weighted by Gasteiger charge is 2.40. The van der Waals surface area contributed by atoms with Gasteiger partial charge in [-0.15, -0.1) is 0 Å². The van der Waals surface area contributed by atoms with E-state index in [0.29, 0.717) is 13.0 Å². The van der Waals surface area contributed by atoms with Crippen molar-refractivity contribution < 1.29 is 19.4 Å². The molecule has 5 heteroatoms. The van der Waals surface area contributed by atoms with Gasteiger partial charge in [-0.2, -0.15) is 0 Å². The molecule has 1 saturated heterocycles. The minimum Gasteiger partial charge on any atom is -0.480 e. The van der Waals surface area contributed by atoms with Crippen LogP contribution in [0.1, 0.15) is 29.9 Å². The molecule has 2 atom stereocenters. The number of carbonyl (C=O) groups excluding carboxylic acids is 1. The first-order valence-corrected chi connectivity index (χ1v) is 8.50. The second-order valence-corrected chi connectivity index (χ2v) is 6.48. The molecule has 25 heavy (non-hydrogen) atoms. The maximum atomic E-state index is 12.4. The van der Waals surface area contributed by atoms with Gasteiger partial charge in [0, 0.05) is 12.5 Å². The van der Waals surface area contributed by atoms with E-state index in [-0.39, 0.29) is 5.91 Å². The minimum absolute atomic E-state index is 0.341. The summed E-state index contributed by atoms with van der Waals surface area (Å²) in [5, 5.41) is 12.5. The lowest BCUT2D eigenvalue weighted by Gasteiger charge is -2.24. The van der Waals surface area contributed by atoms with Crippen LogP contribution < -0.4 is 5.32 Å². The zero-order valence-corrected chi connectivity index (χ0v) is 13.6. The smallest absolute Gasteiger partial charge is 0.327 e. The summed E-state index contributed by atoms with van der Waals surface area (Å²) in [6, 6.07) is 14.5. The van der Waals surface area contributed by atoms with E-state index in [1.165, 1.54) is 0 Å². The Morgan fingerprint density at radius 1 is 1.04 bits per heavy atom. The van der Waals surface area contributed by atoms with E-state index < -0.39 is 24.0 Å². The third-order valence-electron chi connectivity index (χ3n) is 5.00. The van der Waals surface area contributed by atoms with Gasteiger partial charge in [-0.25, -0.2) is 4.79 Å². The Morgan fingerprint density at radius 3 is 2.16 bits per heavy atom. The molecule has 0 unspecified atom stereocenters. The standard InChI is InChI=1S/C20H19NO4/c22-19(16-10-5-11-25-16)21-18(20(23)24)17-14-8-3-1-6-12(14)13-7-2-4-9-15(13)17/h1-4,6-9,16-18H,5,10-11H2,(H,21,22)(H,23,24)/t16-,18+/m0/s1. The van der Waals surface area contributed by atoms with Gasteiger partial charge in [0.1, 0.15) is 12.1 Å². The maximum absolute atomic E-state index is 12.4. The first-order chi connectivity index (χ1) is 12.2. The molecule has 2 aromatic carbocycles. The molecule has 0 radical (unpaired) electrons. The number of benzene rings is 2. The Kier molecular flexibility index (Phi) is 4.01. The van der Waals surface area contributed by atoms with Crippen LogP contribution in [-0.2, 0) is 14.3 Å². The van der Waals surface area contributed by atoms with Gasteiger partial charge in [-0.1, -0.05) is 48.5 Å². The van der Waals surface area contributed by atoms with Crippen LogP contribution in [0.25, 0.3) is 11.1 Å². The number of carboxylic acid groups (broad SMARTS) is 1. The third-order valence-corrected chi connectivity index (χ3v) is 5.00. The molecule has 1 aliphatic carbocycles. The second-order valence-electron chi connectivity index (χ2n) is 6.48. The van der Waals surface area contributed by atoms with Crippen LogP contribution in [-0.4, -0.2) is 35.7 Å². The van der Waals surface area contributed by atoms with Crippen molar-refractivity contribution in [3.63, 3.8) is 0 Å². The molecular formula is C20H19NO4. The normalized spacial score (nSPS) is 19.9. The van der Waals surface area contributed by atoms with Gasteiger partial charge in [0.25, 0.3) is 0 Å². The summed E-state index contributed by atoms with van der Waals surface area (Å²) in [4.78, 5) is 24.4. The molecule has 128 valence electrons. The summed E-state index contributed by atoms with van der Waals surface area (Å²) < 4.78 is 5.39. The monoisotopic (exact) mass is 337 g/mol. The molecule has 4 rings (SSSR count). The molecule has 1 heterocycles. The quantitative estimate of drug-likeness (QED) is 0.899. The Morgan fingerprint density at radius 2 is 1.64 bits per heavy atom. The zero-order valence-electron chi connectivity index (χ0n) is 13.6. The molecular weight excluding hydrogens is 318 g/mol. The third kappa shape index (κ3) is 2.70. The van der Waals surface area contributed by atoms with Gasteiger partial charge in [0.05, 0.1) is 0 Å². The number of ether oxygens (including phenoxy) is 1. The van der Waals surface area contributed by atoms with Crippen LogP contribution in [0.3, 0.4) is 0 Å². The SMILES string of the molecule is O=C(N[C@@H](C(=O)O)C1c2ccccc2-c2ccccc21)[C@@H]1CCCO1. The van der Waals surface area contributed by atoms with Crippen molar-refractivity contribution in [3.05, 3.63) is 59.7 Å². The van der Waals surface area contributed by atoms with Crippen molar-refractivity contribution in [2.45, 2.75) is 30.9 Å². The average Bonchev–Trinajstić information content (AvgIpc) is 3.26. The largest absolute Gasteiger partial charge is 0.480 e. The summed E-state index contributed by atoms with van der Waals surface area (Å²) in [5.74, 6) is -1.79. The molecule has 5 nitrogen and oxygen atoms in total. The molecule has 0 bridgehead atoms. The van der Waals surface area contributed by atoms with E-state index in [4.69, 9.17) is 4.74 Å². The lowest BCUT2D eigenvalue weighted by Crippen LogP contribution is -2.48. The molecule has 2 N–H and O–H groups in total. The first-order valence-electron chi connectivity index (χ1n) is 8.50. The van der Waals surface area contributed by atoms with Gasteiger partial charge in [-0.3, -0.25) is 4.79 Å². The zero-order chi connectivity index (χ0) is 17.4. The van der Waals surface area contributed by atoms with Crippen LogP contribution in [0.2, 0.25) is 0 Å². The molecule has 1 aliphatic heterocycles.